The molecular weight excluding hydrogens is 250 g/mol. The quantitative estimate of drug-likeness (QED) is 0.823. The second-order valence-corrected chi connectivity index (χ2v) is 5.79. The first-order valence-electron chi connectivity index (χ1n) is 7.62. The fourth-order valence-corrected chi connectivity index (χ4v) is 2.69. The van der Waals surface area contributed by atoms with Gasteiger partial charge < -0.3 is 10.2 Å². The van der Waals surface area contributed by atoms with E-state index in [4.69, 9.17) is 0 Å². The molecule has 1 aliphatic heterocycles. The van der Waals surface area contributed by atoms with Crippen molar-refractivity contribution in [3.05, 3.63) is 18.1 Å². The molecule has 5 heteroatoms. The highest BCUT2D eigenvalue weighted by molar-refractivity contribution is 5.30. The van der Waals surface area contributed by atoms with E-state index in [1.807, 2.05) is 12.4 Å². The van der Waals surface area contributed by atoms with E-state index in [0.717, 1.165) is 37.6 Å². The van der Waals surface area contributed by atoms with Gasteiger partial charge in [-0.2, -0.15) is 0 Å². The van der Waals surface area contributed by atoms with Crippen LogP contribution >= 0.6 is 0 Å². The molecule has 0 bridgehead atoms. The largest absolute Gasteiger partial charge is 0.369 e. The maximum Gasteiger partial charge on any atom is 0.144 e. The van der Waals surface area contributed by atoms with E-state index in [1.165, 1.54) is 19.4 Å². The molecule has 0 amide bonds. The van der Waals surface area contributed by atoms with E-state index >= 15 is 0 Å². The molecule has 0 aliphatic carbocycles. The lowest BCUT2D eigenvalue weighted by Gasteiger charge is -2.25. The predicted octanol–water partition coefficient (Wildman–Crippen LogP) is 1.82. The maximum atomic E-state index is 4.48. The number of likely N-dealkylation sites (tertiary alicyclic amines) is 1. The zero-order valence-electron chi connectivity index (χ0n) is 13.0. The Kier molecular flexibility index (Phi) is 5.73. The SMILES string of the molecule is CCCNc1cnc(CN(C)CC2CCCN2C)cn1. The standard InChI is InChI=1S/C15H27N5/c1-4-7-16-15-10-17-13(9-18-15)11-19(2)12-14-6-5-8-20(14)3/h9-10,14H,4-8,11-12H2,1-3H3,(H,16,18). The summed E-state index contributed by atoms with van der Waals surface area (Å²) in [5, 5.41) is 3.25. The van der Waals surface area contributed by atoms with E-state index in [9.17, 15) is 0 Å². The summed E-state index contributed by atoms with van der Waals surface area (Å²) >= 11 is 0. The zero-order valence-corrected chi connectivity index (χ0v) is 13.0. The highest BCUT2D eigenvalue weighted by atomic mass is 15.2. The molecule has 1 unspecified atom stereocenters. The summed E-state index contributed by atoms with van der Waals surface area (Å²) in [4.78, 5) is 13.7. The lowest BCUT2D eigenvalue weighted by Crippen LogP contribution is -2.36. The molecule has 1 aliphatic rings. The summed E-state index contributed by atoms with van der Waals surface area (Å²) < 4.78 is 0. The molecule has 1 aromatic rings. The van der Waals surface area contributed by atoms with Crippen LogP contribution in [0.3, 0.4) is 0 Å². The second-order valence-electron chi connectivity index (χ2n) is 5.79. The summed E-state index contributed by atoms with van der Waals surface area (Å²) in [6, 6.07) is 0.693. The zero-order chi connectivity index (χ0) is 14.4. The number of aromatic nitrogens is 2. The van der Waals surface area contributed by atoms with Gasteiger partial charge in [0, 0.05) is 25.7 Å². The van der Waals surface area contributed by atoms with Crippen molar-refractivity contribution in [3.8, 4) is 0 Å². The van der Waals surface area contributed by atoms with E-state index in [-0.39, 0.29) is 0 Å². The molecule has 1 fully saturated rings. The number of likely N-dealkylation sites (N-methyl/N-ethyl adjacent to an activating group) is 2. The number of anilines is 1. The predicted molar refractivity (Wildman–Crippen MR) is 82.8 cm³/mol. The molecular formula is C15H27N5. The molecule has 1 N–H and O–H groups in total. The fourth-order valence-electron chi connectivity index (χ4n) is 2.69. The fraction of sp³-hybridized carbons (Fsp3) is 0.733. The lowest BCUT2D eigenvalue weighted by atomic mass is 10.2. The van der Waals surface area contributed by atoms with Gasteiger partial charge in [-0.05, 0) is 39.9 Å². The van der Waals surface area contributed by atoms with Gasteiger partial charge in [-0.25, -0.2) is 4.98 Å². The van der Waals surface area contributed by atoms with Crippen molar-refractivity contribution in [2.24, 2.45) is 0 Å². The average molecular weight is 277 g/mol. The Morgan fingerprint density at radius 1 is 1.40 bits per heavy atom. The highest BCUT2D eigenvalue weighted by Gasteiger charge is 2.22. The van der Waals surface area contributed by atoms with Crippen LogP contribution in [0.4, 0.5) is 5.82 Å². The Morgan fingerprint density at radius 3 is 2.85 bits per heavy atom. The normalized spacial score (nSPS) is 19.7. The molecule has 20 heavy (non-hydrogen) atoms. The molecule has 1 saturated heterocycles. The third-order valence-electron chi connectivity index (χ3n) is 3.89. The van der Waals surface area contributed by atoms with Crippen molar-refractivity contribution in [2.75, 3.05) is 39.0 Å². The van der Waals surface area contributed by atoms with Gasteiger partial charge in [-0.1, -0.05) is 6.92 Å². The van der Waals surface area contributed by atoms with Gasteiger partial charge >= 0.3 is 0 Å². The molecule has 1 atom stereocenters. The van der Waals surface area contributed by atoms with Crippen LogP contribution in [0.5, 0.6) is 0 Å². The minimum absolute atomic E-state index is 0.693. The third kappa shape index (κ3) is 4.42. The van der Waals surface area contributed by atoms with Crippen molar-refractivity contribution < 1.29 is 0 Å². The second kappa shape index (κ2) is 7.55. The smallest absolute Gasteiger partial charge is 0.144 e. The number of nitrogens with one attached hydrogen (secondary N) is 1. The van der Waals surface area contributed by atoms with E-state index in [1.54, 1.807) is 0 Å². The van der Waals surface area contributed by atoms with Crippen molar-refractivity contribution >= 4 is 5.82 Å². The summed E-state index contributed by atoms with van der Waals surface area (Å²) in [5.41, 5.74) is 1.04. The van der Waals surface area contributed by atoms with E-state index in [2.05, 4.69) is 46.1 Å². The highest BCUT2D eigenvalue weighted by Crippen LogP contribution is 2.16. The maximum absolute atomic E-state index is 4.48. The number of hydrogen-bond donors (Lipinski definition) is 1. The van der Waals surface area contributed by atoms with Gasteiger partial charge in [-0.3, -0.25) is 9.88 Å². The van der Waals surface area contributed by atoms with Gasteiger partial charge in [0.15, 0.2) is 0 Å². The summed E-state index contributed by atoms with van der Waals surface area (Å²) in [6.07, 6.45) is 7.45. The molecule has 112 valence electrons. The topological polar surface area (TPSA) is 44.3 Å². The van der Waals surface area contributed by atoms with Crippen LogP contribution in [-0.4, -0.2) is 59.5 Å². The first-order chi connectivity index (χ1) is 9.69. The first-order valence-corrected chi connectivity index (χ1v) is 7.62. The third-order valence-corrected chi connectivity index (χ3v) is 3.89. The molecule has 5 nitrogen and oxygen atoms in total. The lowest BCUT2D eigenvalue weighted by molar-refractivity contribution is 0.214. The van der Waals surface area contributed by atoms with Gasteiger partial charge in [0.1, 0.15) is 5.82 Å². The number of hydrogen-bond acceptors (Lipinski definition) is 5. The van der Waals surface area contributed by atoms with Crippen LogP contribution in [0.1, 0.15) is 31.9 Å². The Bertz CT molecular complexity index is 392. The van der Waals surface area contributed by atoms with Crippen LogP contribution in [0.25, 0.3) is 0 Å². The van der Waals surface area contributed by atoms with E-state index < -0.39 is 0 Å². The molecule has 0 spiro atoms. The Morgan fingerprint density at radius 2 is 2.25 bits per heavy atom. The van der Waals surface area contributed by atoms with E-state index in [0.29, 0.717) is 6.04 Å². The monoisotopic (exact) mass is 277 g/mol. The van der Waals surface area contributed by atoms with Crippen molar-refractivity contribution in [2.45, 2.75) is 38.8 Å². The molecule has 1 aromatic heterocycles. The number of nitrogens with zero attached hydrogens (tertiary/aromatic N) is 4. The molecule has 0 saturated carbocycles. The van der Waals surface area contributed by atoms with Crippen LogP contribution in [-0.2, 0) is 6.54 Å². The van der Waals surface area contributed by atoms with Crippen LogP contribution in [0, 0.1) is 0 Å². The minimum atomic E-state index is 0.693. The number of rotatable bonds is 7. The minimum Gasteiger partial charge on any atom is -0.369 e. The summed E-state index contributed by atoms with van der Waals surface area (Å²) in [7, 11) is 4.39. The van der Waals surface area contributed by atoms with Gasteiger partial charge in [0.25, 0.3) is 0 Å². The molecule has 0 aromatic carbocycles. The van der Waals surface area contributed by atoms with Gasteiger partial charge in [0.05, 0.1) is 18.1 Å². The first kappa shape index (κ1) is 15.2. The van der Waals surface area contributed by atoms with Crippen LogP contribution < -0.4 is 5.32 Å². The molecule has 0 radical (unpaired) electrons. The van der Waals surface area contributed by atoms with Crippen molar-refractivity contribution in [3.63, 3.8) is 0 Å². The Labute approximate surface area is 122 Å². The van der Waals surface area contributed by atoms with Crippen molar-refractivity contribution in [1.29, 1.82) is 0 Å². The summed E-state index contributed by atoms with van der Waals surface area (Å²) in [5.74, 6) is 0.869. The Hall–Kier alpha value is -1.20. The molecule has 2 rings (SSSR count). The molecule has 2 heterocycles. The van der Waals surface area contributed by atoms with Crippen LogP contribution in [0.2, 0.25) is 0 Å². The van der Waals surface area contributed by atoms with Gasteiger partial charge in [-0.15, -0.1) is 0 Å². The van der Waals surface area contributed by atoms with Crippen LogP contribution in [0.15, 0.2) is 12.4 Å². The average Bonchev–Trinajstić information content (AvgIpc) is 2.83. The van der Waals surface area contributed by atoms with Gasteiger partial charge in [0.2, 0.25) is 0 Å². The summed E-state index contributed by atoms with van der Waals surface area (Å²) in [6.45, 7) is 6.29. The Balaban J connectivity index is 1.80. The van der Waals surface area contributed by atoms with Crippen molar-refractivity contribution in [1.82, 2.24) is 19.8 Å².